The van der Waals surface area contributed by atoms with Crippen molar-refractivity contribution in [1.82, 2.24) is 5.32 Å². The molecule has 31 heavy (non-hydrogen) atoms. The summed E-state index contributed by atoms with van der Waals surface area (Å²) in [6.07, 6.45) is 14.6. The normalized spacial score (nSPS) is 11.9. The van der Waals surface area contributed by atoms with Crippen molar-refractivity contribution in [3.63, 3.8) is 0 Å². The number of benzene rings is 1. The minimum atomic E-state index is -0.982. The Labute approximate surface area is 186 Å². The molecule has 0 saturated heterocycles. The Morgan fingerprint density at radius 2 is 1.42 bits per heavy atom. The molecular formula is C25H39F2NO3. The highest BCUT2D eigenvalue weighted by Crippen LogP contribution is 2.16. The number of amides is 1. The lowest BCUT2D eigenvalue weighted by molar-refractivity contribution is -0.145. The number of hydrogen-bond acceptors (Lipinski definition) is 3. The summed E-state index contributed by atoms with van der Waals surface area (Å²) in [6.45, 7) is 5.40. The molecule has 0 spiro atoms. The quantitative estimate of drug-likeness (QED) is 0.232. The van der Waals surface area contributed by atoms with Gasteiger partial charge in [-0.25, -0.2) is 13.6 Å². The number of carbonyl (C=O) groups excluding carboxylic acids is 2. The van der Waals surface area contributed by atoms with Crippen molar-refractivity contribution in [3.05, 3.63) is 34.9 Å². The number of esters is 1. The first kappa shape index (κ1) is 27.1. The molecule has 0 aliphatic carbocycles. The Kier molecular flexibility index (Phi) is 13.8. The summed E-state index contributed by atoms with van der Waals surface area (Å²) >= 11 is 0. The van der Waals surface area contributed by atoms with E-state index < -0.39 is 35.1 Å². The zero-order valence-electron chi connectivity index (χ0n) is 19.4. The molecular weight excluding hydrogens is 400 g/mol. The van der Waals surface area contributed by atoms with Gasteiger partial charge in [-0.05, 0) is 31.9 Å². The van der Waals surface area contributed by atoms with E-state index in [1.54, 1.807) is 0 Å². The summed E-state index contributed by atoms with van der Waals surface area (Å²) in [5.74, 6) is -3.45. The second-order valence-corrected chi connectivity index (χ2v) is 8.31. The van der Waals surface area contributed by atoms with Gasteiger partial charge in [0.1, 0.15) is 23.2 Å². The third kappa shape index (κ3) is 10.7. The number of nitrogens with one attached hydrogen (secondary N) is 1. The number of carbonyl (C=O) groups is 2. The maximum absolute atomic E-state index is 14.0. The summed E-state index contributed by atoms with van der Waals surface area (Å²) in [5.41, 5.74) is -0.519. The molecule has 4 nitrogen and oxygen atoms in total. The van der Waals surface area contributed by atoms with E-state index in [0.717, 1.165) is 25.3 Å². The fourth-order valence-electron chi connectivity index (χ4n) is 3.43. The van der Waals surface area contributed by atoms with Gasteiger partial charge < -0.3 is 10.1 Å². The number of halogens is 2. The number of hydrogen-bond donors (Lipinski definition) is 1. The van der Waals surface area contributed by atoms with Crippen LogP contribution in [-0.2, 0) is 9.53 Å². The molecule has 176 valence electrons. The molecule has 0 saturated carbocycles. The van der Waals surface area contributed by atoms with Crippen LogP contribution >= 0.6 is 0 Å². The summed E-state index contributed by atoms with van der Waals surface area (Å²) < 4.78 is 33.0. The molecule has 0 aliphatic rings. The molecule has 1 rings (SSSR count). The molecule has 0 radical (unpaired) electrons. The minimum absolute atomic E-state index is 0.161. The summed E-state index contributed by atoms with van der Waals surface area (Å²) in [6, 6.07) is 1.31. The van der Waals surface area contributed by atoms with Gasteiger partial charge in [-0.2, -0.15) is 0 Å². The summed E-state index contributed by atoms with van der Waals surface area (Å²) in [7, 11) is 0. The second-order valence-electron chi connectivity index (χ2n) is 8.31. The van der Waals surface area contributed by atoms with Crippen LogP contribution in [0.1, 0.15) is 107 Å². The van der Waals surface area contributed by atoms with Crippen molar-refractivity contribution in [2.75, 3.05) is 6.61 Å². The molecule has 6 heteroatoms. The van der Waals surface area contributed by atoms with Crippen LogP contribution in [-0.4, -0.2) is 24.5 Å². The van der Waals surface area contributed by atoms with Crippen molar-refractivity contribution >= 4 is 11.9 Å². The zero-order valence-corrected chi connectivity index (χ0v) is 19.4. The summed E-state index contributed by atoms with van der Waals surface area (Å²) in [4.78, 5) is 24.2. The van der Waals surface area contributed by atoms with Gasteiger partial charge in [0, 0.05) is 0 Å². The molecule has 1 atom stereocenters. The van der Waals surface area contributed by atoms with Crippen LogP contribution in [0.5, 0.6) is 0 Å². The zero-order chi connectivity index (χ0) is 23.1. The Morgan fingerprint density at radius 1 is 0.903 bits per heavy atom. The SMILES string of the molecule is CCCCCCCCCCCCCCOC(=O)C(C)NC(=O)c1c(F)ccc(C)c1F. The van der Waals surface area contributed by atoms with Crippen molar-refractivity contribution < 1.29 is 23.1 Å². The first-order chi connectivity index (χ1) is 14.9. The molecule has 0 fully saturated rings. The highest BCUT2D eigenvalue weighted by Gasteiger charge is 2.23. The van der Waals surface area contributed by atoms with Gasteiger partial charge in [0.15, 0.2) is 0 Å². The molecule has 1 N–H and O–H groups in total. The largest absolute Gasteiger partial charge is 0.464 e. The van der Waals surface area contributed by atoms with Crippen LogP contribution in [0.2, 0.25) is 0 Å². The smallest absolute Gasteiger partial charge is 0.328 e. The molecule has 0 bridgehead atoms. The first-order valence-electron chi connectivity index (χ1n) is 11.8. The number of rotatable bonds is 16. The van der Waals surface area contributed by atoms with Gasteiger partial charge >= 0.3 is 5.97 Å². The van der Waals surface area contributed by atoms with E-state index in [4.69, 9.17) is 4.74 Å². The van der Waals surface area contributed by atoms with E-state index in [0.29, 0.717) is 0 Å². The van der Waals surface area contributed by atoms with E-state index in [2.05, 4.69) is 12.2 Å². The fraction of sp³-hybridized carbons (Fsp3) is 0.680. The highest BCUT2D eigenvalue weighted by molar-refractivity contribution is 5.97. The standard InChI is InChI=1S/C25H39F2NO3/c1-4-5-6-7-8-9-10-11-12-13-14-15-18-31-25(30)20(3)28-24(29)22-21(26)17-16-19(2)23(22)27/h16-17,20H,4-15,18H2,1-3H3,(H,28,29). The van der Waals surface area contributed by atoms with Crippen molar-refractivity contribution in [1.29, 1.82) is 0 Å². The Morgan fingerprint density at radius 3 is 1.97 bits per heavy atom. The van der Waals surface area contributed by atoms with Crippen molar-refractivity contribution in [2.45, 2.75) is 104 Å². The highest BCUT2D eigenvalue weighted by atomic mass is 19.1. The average molecular weight is 440 g/mol. The van der Waals surface area contributed by atoms with E-state index in [9.17, 15) is 18.4 Å². The maximum atomic E-state index is 14.0. The molecule has 0 aliphatic heterocycles. The van der Waals surface area contributed by atoms with Crippen LogP contribution < -0.4 is 5.32 Å². The second kappa shape index (κ2) is 15.8. The van der Waals surface area contributed by atoms with Crippen molar-refractivity contribution in [2.24, 2.45) is 0 Å². The molecule has 0 heterocycles. The number of aryl methyl sites for hydroxylation is 1. The van der Waals surface area contributed by atoms with Crippen molar-refractivity contribution in [3.8, 4) is 0 Å². The van der Waals surface area contributed by atoms with Crippen LogP contribution in [0.4, 0.5) is 8.78 Å². The van der Waals surface area contributed by atoms with Gasteiger partial charge in [-0.1, -0.05) is 83.6 Å². The van der Waals surface area contributed by atoms with E-state index in [1.165, 1.54) is 77.7 Å². The lowest BCUT2D eigenvalue weighted by atomic mass is 10.1. The Bertz CT molecular complexity index is 679. The van der Waals surface area contributed by atoms with E-state index in [1.807, 2.05) is 0 Å². The number of ether oxygens (including phenoxy) is 1. The first-order valence-corrected chi connectivity index (χ1v) is 11.8. The molecule has 0 aromatic heterocycles. The van der Waals surface area contributed by atoms with E-state index in [-0.39, 0.29) is 12.2 Å². The number of unbranched alkanes of at least 4 members (excludes halogenated alkanes) is 11. The fourth-order valence-corrected chi connectivity index (χ4v) is 3.43. The molecule has 1 amide bonds. The molecule has 1 aromatic rings. The monoisotopic (exact) mass is 439 g/mol. The summed E-state index contributed by atoms with van der Waals surface area (Å²) in [5, 5.41) is 2.31. The van der Waals surface area contributed by atoms with Crippen LogP contribution in [0, 0.1) is 18.6 Å². The van der Waals surface area contributed by atoms with Gasteiger partial charge in [-0.3, -0.25) is 4.79 Å². The van der Waals surface area contributed by atoms with Gasteiger partial charge in [0.2, 0.25) is 0 Å². The van der Waals surface area contributed by atoms with Crippen LogP contribution in [0.25, 0.3) is 0 Å². The molecule has 1 unspecified atom stereocenters. The lowest BCUT2D eigenvalue weighted by Crippen LogP contribution is -2.40. The van der Waals surface area contributed by atoms with Gasteiger partial charge in [-0.15, -0.1) is 0 Å². The average Bonchev–Trinajstić information content (AvgIpc) is 2.74. The van der Waals surface area contributed by atoms with Crippen LogP contribution in [0.15, 0.2) is 12.1 Å². The Balaban J connectivity index is 2.12. The third-order valence-electron chi connectivity index (χ3n) is 5.45. The van der Waals surface area contributed by atoms with Crippen LogP contribution in [0.3, 0.4) is 0 Å². The van der Waals surface area contributed by atoms with Gasteiger partial charge in [0.05, 0.1) is 6.61 Å². The minimum Gasteiger partial charge on any atom is -0.464 e. The van der Waals surface area contributed by atoms with E-state index >= 15 is 0 Å². The predicted molar refractivity (Wildman–Crippen MR) is 120 cm³/mol. The van der Waals surface area contributed by atoms with Gasteiger partial charge in [0.25, 0.3) is 5.91 Å². The predicted octanol–water partition coefficient (Wildman–Crippen LogP) is 6.64. The lowest BCUT2D eigenvalue weighted by Gasteiger charge is -2.14. The molecule has 1 aromatic carbocycles. The maximum Gasteiger partial charge on any atom is 0.328 e. The Hall–Kier alpha value is -1.98. The third-order valence-corrected chi connectivity index (χ3v) is 5.45. The topological polar surface area (TPSA) is 55.4 Å².